The van der Waals surface area contributed by atoms with Crippen LogP contribution in [0.3, 0.4) is 0 Å². The van der Waals surface area contributed by atoms with Crippen molar-refractivity contribution in [1.82, 2.24) is 0 Å². The summed E-state index contributed by atoms with van der Waals surface area (Å²) in [6.45, 7) is 5.89. The Hall–Kier alpha value is 0.0400. The first-order valence-electron chi connectivity index (χ1n) is 4.52. The molecule has 0 spiro atoms. The Bertz CT molecular complexity index is 370. The fourth-order valence-corrected chi connectivity index (χ4v) is 1.86. The van der Waals surface area contributed by atoms with Gasteiger partial charge in [-0.1, -0.05) is 36.7 Å². The summed E-state index contributed by atoms with van der Waals surface area (Å²) >= 11 is 6.34. The Kier molecular flexibility index (Phi) is 3.93. The van der Waals surface area contributed by atoms with Crippen LogP contribution in [0, 0.1) is 17.0 Å². The predicted molar refractivity (Wildman–Crippen MR) is 65.2 cm³/mol. The molecule has 0 heterocycles. The highest BCUT2D eigenvalue weighted by molar-refractivity contribution is 9.10. The molecule has 0 aliphatic carbocycles. The van der Waals surface area contributed by atoms with Crippen LogP contribution in [0.25, 0.3) is 0 Å². The molecule has 1 unspecified atom stereocenters. The number of benzene rings is 1. The quantitative estimate of drug-likeness (QED) is 0.486. The lowest BCUT2D eigenvalue weighted by Crippen LogP contribution is -2.14. The molecule has 1 atom stereocenters. The average Bonchev–Trinajstić information content (AvgIpc) is 2.08. The van der Waals surface area contributed by atoms with Crippen LogP contribution in [-0.2, 0) is 0 Å². The zero-order valence-corrected chi connectivity index (χ0v) is 11.9. The van der Waals surface area contributed by atoms with E-state index in [0.717, 1.165) is 6.07 Å². The highest BCUT2D eigenvalue weighted by Gasteiger charge is 2.26. The van der Waals surface area contributed by atoms with E-state index < -0.39 is 11.6 Å². The maximum atomic E-state index is 13.6. The van der Waals surface area contributed by atoms with E-state index in [2.05, 4.69) is 31.9 Å². The first-order chi connectivity index (χ1) is 6.73. The number of hydrogen-bond donors (Lipinski definition) is 0. The van der Waals surface area contributed by atoms with E-state index in [1.54, 1.807) is 0 Å². The SMILES string of the molecule is CC(C)(C)C(Br)c1cc(F)c(Br)cc1F. The van der Waals surface area contributed by atoms with Gasteiger partial charge in [-0.25, -0.2) is 8.78 Å². The molecule has 0 N–H and O–H groups in total. The van der Waals surface area contributed by atoms with Gasteiger partial charge in [0.05, 0.1) is 4.47 Å². The molecule has 0 saturated heterocycles. The smallest absolute Gasteiger partial charge is 0.137 e. The minimum atomic E-state index is -0.444. The normalized spacial score (nSPS) is 14.1. The van der Waals surface area contributed by atoms with Gasteiger partial charge in [-0.3, -0.25) is 0 Å². The summed E-state index contributed by atoms with van der Waals surface area (Å²) in [5, 5.41) is 0. The van der Waals surface area contributed by atoms with Crippen LogP contribution < -0.4 is 0 Å². The molecule has 1 rings (SSSR count). The van der Waals surface area contributed by atoms with Gasteiger partial charge in [0, 0.05) is 10.4 Å². The number of halogens is 4. The number of rotatable bonds is 1. The highest BCUT2D eigenvalue weighted by Crippen LogP contribution is 2.41. The second kappa shape index (κ2) is 4.50. The van der Waals surface area contributed by atoms with Crippen LogP contribution in [0.5, 0.6) is 0 Å². The minimum Gasteiger partial charge on any atom is -0.207 e. The third-order valence-electron chi connectivity index (χ3n) is 2.07. The van der Waals surface area contributed by atoms with Crippen molar-refractivity contribution >= 4 is 31.9 Å². The summed E-state index contributed by atoms with van der Waals surface area (Å²) in [6.07, 6.45) is 0. The molecule has 15 heavy (non-hydrogen) atoms. The van der Waals surface area contributed by atoms with Crippen molar-refractivity contribution < 1.29 is 8.78 Å². The first kappa shape index (κ1) is 13.1. The van der Waals surface area contributed by atoms with Crippen LogP contribution in [-0.4, -0.2) is 0 Å². The molecule has 0 bridgehead atoms. The zero-order valence-electron chi connectivity index (χ0n) is 8.74. The van der Waals surface area contributed by atoms with Crippen molar-refractivity contribution in [1.29, 1.82) is 0 Å². The number of hydrogen-bond acceptors (Lipinski definition) is 0. The second-order valence-corrected chi connectivity index (χ2v) is 6.29. The maximum Gasteiger partial charge on any atom is 0.137 e. The van der Waals surface area contributed by atoms with Crippen LogP contribution in [0.2, 0.25) is 0 Å². The molecule has 1 aromatic rings. The van der Waals surface area contributed by atoms with Crippen molar-refractivity contribution in [3.63, 3.8) is 0 Å². The molecule has 4 heteroatoms. The highest BCUT2D eigenvalue weighted by atomic mass is 79.9. The Morgan fingerprint density at radius 1 is 1.13 bits per heavy atom. The summed E-state index contributed by atoms with van der Waals surface area (Å²) in [4.78, 5) is -0.215. The van der Waals surface area contributed by atoms with E-state index in [4.69, 9.17) is 0 Å². The molecular weight excluding hydrogens is 330 g/mol. The topological polar surface area (TPSA) is 0 Å². The largest absolute Gasteiger partial charge is 0.207 e. The van der Waals surface area contributed by atoms with Crippen molar-refractivity contribution in [3.8, 4) is 0 Å². The third kappa shape index (κ3) is 3.00. The zero-order chi connectivity index (χ0) is 11.8. The molecule has 0 fully saturated rings. The monoisotopic (exact) mass is 340 g/mol. The van der Waals surface area contributed by atoms with E-state index in [1.807, 2.05) is 20.8 Å². The minimum absolute atomic E-state index is 0.150. The molecule has 84 valence electrons. The third-order valence-corrected chi connectivity index (χ3v) is 4.55. The molecule has 0 radical (unpaired) electrons. The van der Waals surface area contributed by atoms with Gasteiger partial charge in [-0.2, -0.15) is 0 Å². The van der Waals surface area contributed by atoms with Crippen molar-refractivity contribution in [2.24, 2.45) is 5.41 Å². The van der Waals surface area contributed by atoms with Gasteiger partial charge < -0.3 is 0 Å². The summed E-state index contributed by atoms with van der Waals surface area (Å²) in [5.74, 6) is -0.847. The molecule has 0 aliphatic heterocycles. The van der Waals surface area contributed by atoms with E-state index in [9.17, 15) is 8.78 Å². The Morgan fingerprint density at radius 3 is 2.13 bits per heavy atom. The van der Waals surface area contributed by atoms with Crippen LogP contribution in [0.4, 0.5) is 8.78 Å². The van der Waals surface area contributed by atoms with Crippen LogP contribution in [0.15, 0.2) is 16.6 Å². The molecule has 0 saturated carbocycles. The van der Waals surface area contributed by atoms with Crippen LogP contribution >= 0.6 is 31.9 Å². The molecule has 1 aromatic carbocycles. The first-order valence-corrected chi connectivity index (χ1v) is 6.23. The van der Waals surface area contributed by atoms with Crippen molar-refractivity contribution in [2.45, 2.75) is 25.6 Å². The lowest BCUT2D eigenvalue weighted by Gasteiger charge is -2.26. The second-order valence-electron chi connectivity index (χ2n) is 4.52. The molecular formula is C11H12Br2F2. The van der Waals surface area contributed by atoms with Gasteiger partial charge in [0.1, 0.15) is 11.6 Å². The summed E-state index contributed by atoms with van der Waals surface area (Å²) < 4.78 is 27.0. The Morgan fingerprint density at radius 2 is 1.67 bits per heavy atom. The predicted octanol–water partition coefficient (Wildman–Crippen LogP) is 5.21. The van der Waals surface area contributed by atoms with Gasteiger partial charge in [-0.05, 0) is 33.5 Å². The van der Waals surface area contributed by atoms with E-state index in [0.29, 0.717) is 5.56 Å². The maximum absolute atomic E-state index is 13.6. The van der Waals surface area contributed by atoms with Gasteiger partial charge in [0.25, 0.3) is 0 Å². The standard InChI is InChI=1S/C11H12Br2F2/c1-11(2,3)10(13)6-4-9(15)7(12)5-8(6)14/h4-5,10H,1-3H3. The Labute approximate surface area is 105 Å². The van der Waals surface area contributed by atoms with Crippen molar-refractivity contribution in [3.05, 3.63) is 33.8 Å². The Balaban J connectivity index is 3.21. The summed E-state index contributed by atoms with van der Waals surface area (Å²) in [6, 6.07) is 2.38. The van der Waals surface area contributed by atoms with Crippen LogP contribution in [0.1, 0.15) is 31.2 Å². The lowest BCUT2D eigenvalue weighted by molar-refractivity contribution is 0.396. The van der Waals surface area contributed by atoms with Crippen molar-refractivity contribution in [2.75, 3.05) is 0 Å². The number of alkyl halides is 1. The summed E-state index contributed by atoms with van der Waals surface area (Å²) in [5.41, 5.74) is 0.185. The van der Waals surface area contributed by atoms with Gasteiger partial charge in [0.15, 0.2) is 0 Å². The van der Waals surface area contributed by atoms with Gasteiger partial charge >= 0.3 is 0 Å². The van der Waals surface area contributed by atoms with E-state index >= 15 is 0 Å². The van der Waals surface area contributed by atoms with E-state index in [1.165, 1.54) is 6.07 Å². The molecule has 0 amide bonds. The molecule has 0 nitrogen and oxygen atoms in total. The summed E-state index contributed by atoms with van der Waals surface area (Å²) in [7, 11) is 0. The lowest BCUT2D eigenvalue weighted by atomic mass is 9.88. The average molecular weight is 342 g/mol. The fourth-order valence-electron chi connectivity index (χ4n) is 1.20. The molecule has 0 aliphatic rings. The fraction of sp³-hybridized carbons (Fsp3) is 0.455. The van der Waals surface area contributed by atoms with Gasteiger partial charge in [0.2, 0.25) is 0 Å². The van der Waals surface area contributed by atoms with E-state index in [-0.39, 0.29) is 14.7 Å². The molecule has 0 aromatic heterocycles. The van der Waals surface area contributed by atoms with Gasteiger partial charge in [-0.15, -0.1) is 0 Å².